The average molecular weight is 663 g/mol. The van der Waals surface area contributed by atoms with E-state index in [0.29, 0.717) is 49.3 Å². The fourth-order valence-corrected chi connectivity index (χ4v) is 5.72. The number of esters is 1. The van der Waals surface area contributed by atoms with Crippen LogP contribution in [0.4, 0.5) is 10.1 Å². The molecule has 0 spiro atoms. The summed E-state index contributed by atoms with van der Waals surface area (Å²) >= 11 is 0. The van der Waals surface area contributed by atoms with Gasteiger partial charge in [0.2, 0.25) is 0 Å². The Morgan fingerprint density at radius 3 is 2.18 bits per heavy atom. The van der Waals surface area contributed by atoms with Gasteiger partial charge in [0.25, 0.3) is 5.91 Å². The zero-order valence-corrected chi connectivity index (χ0v) is 26.7. The Morgan fingerprint density at radius 2 is 1.53 bits per heavy atom. The highest BCUT2D eigenvalue weighted by molar-refractivity contribution is 6.11. The molecule has 45 heavy (non-hydrogen) atoms. The van der Waals surface area contributed by atoms with Crippen LogP contribution in [0, 0.1) is 19.7 Å². The molecular weight excluding hydrogens is 624 g/mol. The molecule has 0 unspecified atom stereocenters. The maximum absolute atomic E-state index is 15.4. The van der Waals surface area contributed by atoms with E-state index in [9.17, 15) is 24.6 Å². The van der Waals surface area contributed by atoms with Crippen molar-refractivity contribution in [3.8, 4) is 11.5 Å². The molecule has 3 aromatic rings. The number of hydrogen-bond acceptors (Lipinski definition) is 8. The molecular formula is C33H38Cl2FN3O6. The van der Waals surface area contributed by atoms with Crippen LogP contribution < -0.4 is 15.5 Å². The number of anilines is 1. The minimum atomic E-state index is -0.761. The van der Waals surface area contributed by atoms with Crippen LogP contribution in [0.25, 0.3) is 0 Å². The van der Waals surface area contributed by atoms with Crippen LogP contribution in [0.5, 0.6) is 11.5 Å². The number of rotatable bonds is 7. The summed E-state index contributed by atoms with van der Waals surface area (Å²) in [6, 6.07) is 11.2. The van der Waals surface area contributed by atoms with E-state index in [2.05, 4.69) is 10.6 Å². The number of phenolic OH excluding ortho intramolecular Hbond substituents is 2. The third-order valence-electron chi connectivity index (χ3n) is 8.14. The van der Waals surface area contributed by atoms with Crippen LogP contribution in [0.2, 0.25) is 0 Å². The number of ketones is 1. The summed E-state index contributed by atoms with van der Waals surface area (Å²) in [5, 5.41) is 26.6. The van der Waals surface area contributed by atoms with Crippen molar-refractivity contribution in [2.75, 3.05) is 31.1 Å². The molecule has 4 N–H and O–H groups in total. The molecule has 3 aromatic carbocycles. The van der Waals surface area contributed by atoms with Gasteiger partial charge in [0, 0.05) is 30.8 Å². The Hall–Kier alpha value is -3.86. The Morgan fingerprint density at radius 1 is 0.911 bits per heavy atom. The molecule has 9 nitrogen and oxygen atoms in total. The molecule has 12 heteroatoms. The fraction of sp³-hybridized carbons (Fsp3) is 0.364. The van der Waals surface area contributed by atoms with E-state index in [1.54, 1.807) is 26.0 Å². The minimum absolute atomic E-state index is 0. The van der Waals surface area contributed by atoms with Gasteiger partial charge in [-0.2, -0.15) is 0 Å². The van der Waals surface area contributed by atoms with E-state index >= 15 is 4.39 Å². The molecule has 0 saturated carbocycles. The Balaban J connectivity index is 0.00000276. The molecule has 2 heterocycles. The van der Waals surface area contributed by atoms with Crippen molar-refractivity contribution >= 4 is 48.2 Å². The third-order valence-corrected chi connectivity index (χ3v) is 8.14. The van der Waals surface area contributed by atoms with Gasteiger partial charge in [-0.05, 0) is 93.6 Å². The molecule has 5 rings (SSSR count). The number of phenols is 2. The summed E-state index contributed by atoms with van der Waals surface area (Å²) in [4.78, 5) is 41.3. The number of benzene rings is 3. The first-order chi connectivity index (χ1) is 20.6. The average Bonchev–Trinajstić information content (AvgIpc) is 3.44. The van der Waals surface area contributed by atoms with E-state index in [4.69, 9.17) is 4.74 Å². The Bertz CT molecular complexity index is 1520. The van der Waals surface area contributed by atoms with Gasteiger partial charge in [-0.15, -0.1) is 24.8 Å². The minimum Gasteiger partial charge on any atom is -0.507 e. The lowest BCUT2D eigenvalue weighted by molar-refractivity contribution is 0.0192. The van der Waals surface area contributed by atoms with Crippen molar-refractivity contribution in [3.05, 3.63) is 87.7 Å². The Kier molecular flexibility index (Phi) is 12.2. The largest absolute Gasteiger partial charge is 0.507 e. The van der Waals surface area contributed by atoms with Gasteiger partial charge in [-0.25, -0.2) is 9.18 Å². The van der Waals surface area contributed by atoms with Gasteiger partial charge in [0.1, 0.15) is 23.2 Å². The van der Waals surface area contributed by atoms with Crippen molar-refractivity contribution in [1.29, 1.82) is 0 Å². The SMILES string of the molecule is Cc1cc(C(=O)N[C@@H]2CNCCC[C@H]2OC(=O)c2ccc(C(=O)c3c(O)ccc(N4CCCC4)c3F)cc2)cc(C)c1O.Cl.Cl. The predicted octanol–water partition coefficient (Wildman–Crippen LogP) is 5.24. The molecule has 0 aromatic heterocycles. The lowest BCUT2D eigenvalue weighted by atomic mass is 9.99. The molecule has 2 fully saturated rings. The summed E-state index contributed by atoms with van der Waals surface area (Å²) < 4.78 is 21.2. The molecule has 2 aliphatic rings. The summed E-state index contributed by atoms with van der Waals surface area (Å²) in [5.74, 6) is -2.71. The van der Waals surface area contributed by atoms with E-state index in [-0.39, 0.29) is 53.3 Å². The van der Waals surface area contributed by atoms with E-state index in [0.717, 1.165) is 19.3 Å². The Labute approximate surface area is 274 Å². The monoisotopic (exact) mass is 661 g/mol. The molecule has 0 bridgehead atoms. The summed E-state index contributed by atoms with van der Waals surface area (Å²) in [5.41, 5.74) is 1.78. The number of aryl methyl sites for hydroxylation is 2. The van der Waals surface area contributed by atoms with Crippen LogP contribution in [-0.2, 0) is 4.74 Å². The van der Waals surface area contributed by atoms with Gasteiger partial charge < -0.3 is 30.5 Å². The molecule has 1 amide bonds. The zero-order chi connectivity index (χ0) is 30.7. The number of carbonyl (C=O) groups is 3. The standard InChI is InChI=1S/C33H36FN3O6.2ClH/c1-19-16-23(17-20(2)30(19)39)32(41)36-24-18-35-13-5-6-27(24)43-33(42)22-9-7-21(8-10-22)31(40)28-26(38)12-11-25(29(28)34)37-14-3-4-15-37;;/h7-12,16-17,24,27,35,38-39H,3-6,13-15,18H2,1-2H3,(H,36,41);2*1H/t24-,27-;;/m1../s1. The van der Waals surface area contributed by atoms with E-state index < -0.39 is 41.0 Å². The number of carbonyl (C=O) groups excluding carboxylic acids is 3. The van der Waals surface area contributed by atoms with Crippen molar-refractivity contribution in [3.63, 3.8) is 0 Å². The smallest absolute Gasteiger partial charge is 0.338 e. The molecule has 2 atom stereocenters. The summed E-state index contributed by atoms with van der Waals surface area (Å²) in [6.45, 7) is 5.92. The van der Waals surface area contributed by atoms with Crippen LogP contribution in [0.1, 0.15) is 73.4 Å². The highest BCUT2D eigenvalue weighted by Gasteiger charge is 2.30. The van der Waals surface area contributed by atoms with Crippen molar-refractivity contribution in [2.45, 2.75) is 51.7 Å². The van der Waals surface area contributed by atoms with Crippen molar-refractivity contribution in [2.24, 2.45) is 0 Å². The van der Waals surface area contributed by atoms with Crippen molar-refractivity contribution in [1.82, 2.24) is 10.6 Å². The molecule has 2 aliphatic heterocycles. The summed E-state index contributed by atoms with van der Waals surface area (Å²) in [7, 11) is 0. The number of aromatic hydroxyl groups is 2. The van der Waals surface area contributed by atoms with Gasteiger partial charge >= 0.3 is 5.97 Å². The van der Waals surface area contributed by atoms with Crippen molar-refractivity contribution < 1.29 is 33.7 Å². The van der Waals surface area contributed by atoms with Crippen LogP contribution in [0.3, 0.4) is 0 Å². The fourth-order valence-electron chi connectivity index (χ4n) is 5.72. The second-order valence-electron chi connectivity index (χ2n) is 11.2. The molecule has 0 aliphatic carbocycles. The third kappa shape index (κ3) is 7.87. The molecule has 0 radical (unpaired) electrons. The lowest BCUT2D eigenvalue weighted by Crippen LogP contribution is -2.49. The highest BCUT2D eigenvalue weighted by Crippen LogP contribution is 2.33. The molecule has 242 valence electrons. The first-order valence-corrected chi connectivity index (χ1v) is 14.6. The first kappa shape index (κ1) is 35.6. The normalized spacial score (nSPS) is 17.8. The van der Waals surface area contributed by atoms with Gasteiger partial charge in [0.05, 0.1) is 17.3 Å². The predicted molar refractivity (Wildman–Crippen MR) is 174 cm³/mol. The first-order valence-electron chi connectivity index (χ1n) is 14.6. The van der Waals surface area contributed by atoms with Gasteiger partial charge in [-0.3, -0.25) is 9.59 Å². The number of halogens is 3. The van der Waals surface area contributed by atoms with E-state index in [1.807, 2.05) is 4.90 Å². The van der Waals surface area contributed by atoms with Crippen LogP contribution in [-0.4, -0.2) is 66.2 Å². The number of nitrogens with one attached hydrogen (secondary N) is 2. The second kappa shape index (κ2) is 15.4. The second-order valence-corrected chi connectivity index (χ2v) is 11.2. The van der Waals surface area contributed by atoms with Crippen LogP contribution >= 0.6 is 24.8 Å². The van der Waals surface area contributed by atoms with Gasteiger partial charge in [0.15, 0.2) is 11.6 Å². The molecule has 2 saturated heterocycles. The van der Waals surface area contributed by atoms with Crippen LogP contribution in [0.15, 0.2) is 48.5 Å². The topological polar surface area (TPSA) is 128 Å². The maximum atomic E-state index is 15.4. The quantitative estimate of drug-likeness (QED) is 0.200. The highest BCUT2D eigenvalue weighted by atomic mass is 35.5. The maximum Gasteiger partial charge on any atom is 0.338 e. The number of nitrogens with zero attached hydrogens (tertiary/aromatic N) is 1. The zero-order valence-electron chi connectivity index (χ0n) is 25.1. The lowest BCUT2D eigenvalue weighted by Gasteiger charge is -2.26. The number of hydrogen-bond donors (Lipinski definition) is 4. The number of ether oxygens (including phenoxy) is 1. The summed E-state index contributed by atoms with van der Waals surface area (Å²) in [6.07, 6.45) is 2.53. The van der Waals surface area contributed by atoms with E-state index in [1.165, 1.54) is 36.4 Å². The number of amides is 1. The van der Waals surface area contributed by atoms with Gasteiger partial charge in [-0.1, -0.05) is 12.1 Å².